The van der Waals surface area contributed by atoms with Gasteiger partial charge in [-0.05, 0) is 24.7 Å². The first kappa shape index (κ1) is 11.0. The molecule has 13 heavy (non-hydrogen) atoms. The van der Waals surface area contributed by atoms with Gasteiger partial charge in [-0.2, -0.15) is 0 Å². The van der Waals surface area contributed by atoms with Gasteiger partial charge in [-0.1, -0.05) is 27.7 Å². The third kappa shape index (κ3) is 2.68. The SMILES string of the molecule is CC(C)C1CCC([C@H](O)C(C)C)N1. The molecule has 1 heterocycles. The van der Waals surface area contributed by atoms with Crippen LogP contribution in [-0.4, -0.2) is 23.3 Å². The molecular weight excluding hydrogens is 162 g/mol. The molecule has 78 valence electrons. The Kier molecular flexibility index (Phi) is 3.74. The molecule has 0 radical (unpaired) electrons. The van der Waals surface area contributed by atoms with E-state index in [4.69, 9.17) is 0 Å². The van der Waals surface area contributed by atoms with E-state index >= 15 is 0 Å². The van der Waals surface area contributed by atoms with Crippen LogP contribution in [0, 0.1) is 11.8 Å². The largest absolute Gasteiger partial charge is 0.391 e. The van der Waals surface area contributed by atoms with Crippen molar-refractivity contribution >= 4 is 0 Å². The van der Waals surface area contributed by atoms with Crippen molar-refractivity contribution in [1.29, 1.82) is 0 Å². The van der Waals surface area contributed by atoms with Gasteiger partial charge in [-0.15, -0.1) is 0 Å². The van der Waals surface area contributed by atoms with Crippen molar-refractivity contribution in [2.75, 3.05) is 0 Å². The Morgan fingerprint density at radius 3 is 2.00 bits per heavy atom. The fourth-order valence-corrected chi connectivity index (χ4v) is 2.06. The zero-order chi connectivity index (χ0) is 10.0. The molecule has 1 saturated heterocycles. The van der Waals surface area contributed by atoms with Gasteiger partial charge in [0, 0.05) is 12.1 Å². The number of aliphatic hydroxyl groups excluding tert-OH is 1. The standard InChI is InChI=1S/C11H23NO/c1-7(2)9-5-6-10(12-9)11(13)8(3)4/h7-13H,5-6H2,1-4H3/t9?,10?,11-/m1/s1. The van der Waals surface area contributed by atoms with Gasteiger partial charge in [-0.3, -0.25) is 0 Å². The number of hydrogen-bond donors (Lipinski definition) is 2. The lowest BCUT2D eigenvalue weighted by Gasteiger charge is -2.24. The second-order valence-electron chi connectivity index (χ2n) is 4.94. The van der Waals surface area contributed by atoms with E-state index in [9.17, 15) is 5.11 Å². The van der Waals surface area contributed by atoms with E-state index in [1.54, 1.807) is 0 Å². The molecule has 0 amide bonds. The summed E-state index contributed by atoms with van der Waals surface area (Å²) in [5.41, 5.74) is 0. The first-order valence-electron chi connectivity index (χ1n) is 5.46. The topological polar surface area (TPSA) is 32.3 Å². The lowest BCUT2D eigenvalue weighted by Crippen LogP contribution is -2.42. The smallest absolute Gasteiger partial charge is 0.0716 e. The van der Waals surface area contributed by atoms with Gasteiger partial charge in [-0.25, -0.2) is 0 Å². The maximum absolute atomic E-state index is 9.86. The minimum atomic E-state index is -0.177. The van der Waals surface area contributed by atoms with Crippen LogP contribution in [0.3, 0.4) is 0 Å². The fraction of sp³-hybridized carbons (Fsp3) is 1.00. The van der Waals surface area contributed by atoms with Crippen LogP contribution in [-0.2, 0) is 0 Å². The molecule has 3 atom stereocenters. The van der Waals surface area contributed by atoms with Crippen LogP contribution in [0.5, 0.6) is 0 Å². The van der Waals surface area contributed by atoms with Crippen LogP contribution in [0.25, 0.3) is 0 Å². The Hall–Kier alpha value is -0.0800. The summed E-state index contributed by atoms with van der Waals surface area (Å²) < 4.78 is 0. The summed E-state index contributed by atoms with van der Waals surface area (Å²) in [6.07, 6.45) is 2.16. The minimum absolute atomic E-state index is 0.177. The Morgan fingerprint density at radius 1 is 1.08 bits per heavy atom. The molecule has 0 spiro atoms. The van der Waals surface area contributed by atoms with Gasteiger partial charge in [0.05, 0.1) is 6.10 Å². The quantitative estimate of drug-likeness (QED) is 0.702. The van der Waals surface area contributed by atoms with E-state index in [-0.39, 0.29) is 6.10 Å². The maximum atomic E-state index is 9.86. The van der Waals surface area contributed by atoms with Gasteiger partial charge in [0.25, 0.3) is 0 Å². The number of hydrogen-bond acceptors (Lipinski definition) is 2. The van der Waals surface area contributed by atoms with Crippen LogP contribution in [0.2, 0.25) is 0 Å². The fourth-order valence-electron chi connectivity index (χ4n) is 2.06. The molecule has 0 aromatic heterocycles. The van der Waals surface area contributed by atoms with Crippen LogP contribution in [0.1, 0.15) is 40.5 Å². The van der Waals surface area contributed by atoms with E-state index in [0.29, 0.717) is 23.9 Å². The number of nitrogens with one attached hydrogen (secondary N) is 1. The molecule has 2 unspecified atom stereocenters. The van der Waals surface area contributed by atoms with Crippen molar-refractivity contribution in [3.05, 3.63) is 0 Å². The molecule has 0 bridgehead atoms. The highest BCUT2D eigenvalue weighted by Crippen LogP contribution is 2.23. The molecule has 0 aromatic rings. The number of rotatable bonds is 3. The highest BCUT2D eigenvalue weighted by atomic mass is 16.3. The predicted molar refractivity (Wildman–Crippen MR) is 55.6 cm³/mol. The highest BCUT2D eigenvalue weighted by Gasteiger charge is 2.31. The Labute approximate surface area is 81.7 Å². The zero-order valence-corrected chi connectivity index (χ0v) is 9.25. The average molecular weight is 185 g/mol. The first-order valence-corrected chi connectivity index (χ1v) is 5.46. The molecule has 1 rings (SSSR count). The van der Waals surface area contributed by atoms with Crippen molar-refractivity contribution in [3.63, 3.8) is 0 Å². The average Bonchev–Trinajstić information content (AvgIpc) is 2.50. The first-order chi connectivity index (χ1) is 6.02. The highest BCUT2D eigenvalue weighted by molar-refractivity contribution is 4.90. The lowest BCUT2D eigenvalue weighted by molar-refractivity contribution is 0.0877. The minimum Gasteiger partial charge on any atom is -0.391 e. The monoisotopic (exact) mass is 185 g/mol. The molecule has 0 aliphatic carbocycles. The molecule has 1 fully saturated rings. The zero-order valence-electron chi connectivity index (χ0n) is 9.25. The van der Waals surface area contributed by atoms with Gasteiger partial charge in [0.2, 0.25) is 0 Å². The van der Waals surface area contributed by atoms with Crippen LogP contribution in [0.4, 0.5) is 0 Å². The molecular formula is C11H23NO. The third-order valence-electron chi connectivity index (χ3n) is 3.12. The molecule has 2 N–H and O–H groups in total. The van der Waals surface area contributed by atoms with Crippen LogP contribution in [0.15, 0.2) is 0 Å². The summed E-state index contributed by atoms with van der Waals surface area (Å²) >= 11 is 0. The van der Waals surface area contributed by atoms with Crippen LogP contribution >= 0.6 is 0 Å². The number of aliphatic hydroxyl groups is 1. The Morgan fingerprint density at radius 2 is 1.62 bits per heavy atom. The van der Waals surface area contributed by atoms with Crippen molar-refractivity contribution in [2.24, 2.45) is 11.8 Å². The van der Waals surface area contributed by atoms with Crippen LogP contribution < -0.4 is 5.32 Å². The summed E-state index contributed by atoms with van der Waals surface area (Å²) in [6, 6.07) is 0.936. The van der Waals surface area contributed by atoms with Crippen molar-refractivity contribution in [3.8, 4) is 0 Å². The molecule has 2 heteroatoms. The van der Waals surface area contributed by atoms with Crippen molar-refractivity contribution < 1.29 is 5.11 Å². The second-order valence-corrected chi connectivity index (χ2v) is 4.94. The predicted octanol–water partition coefficient (Wildman–Crippen LogP) is 1.78. The van der Waals surface area contributed by atoms with Gasteiger partial charge in [0.15, 0.2) is 0 Å². The van der Waals surface area contributed by atoms with E-state index in [1.807, 2.05) is 0 Å². The normalized spacial score (nSPS) is 31.6. The Bertz CT molecular complexity index is 156. The molecule has 2 nitrogen and oxygen atoms in total. The summed E-state index contributed by atoms with van der Waals surface area (Å²) in [5, 5.41) is 13.4. The third-order valence-corrected chi connectivity index (χ3v) is 3.12. The molecule has 1 aliphatic rings. The van der Waals surface area contributed by atoms with Crippen molar-refractivity contribution in [2.45, 2.75) is 58.7 Å². The molecule has 0 saturated carbocycles. The summed E-state index contributed by atoms with van der Waals surface area (Å²) in [4.78, 5) is 0. The van der Waals surface area contributed by atoms with E-state index in [0.717, 1.165) is 6.42 Å². The summed E-state index contributed by atoms with van der Waals surface area (Å²) in [5.74, 6) is 1.05. The second kappa shape index (κ2) is 4.43. The maximum Gasteiger partial charge on any atom is 0.0716 e. The van der Waals surface area contributed by atoms with Crippen molar-refractivity contribution in [1.82, 2.24) is 5.32 Å². The summed E-state index contributed by atoms with van der Waals surface area (Å²) in [6.45, 7) is 8.63. The van der Waals surface area contributed by atoms with E-state index in [2.05, 4.69) is 33.0 Å². The van der Waals surface area contributed by atoms with E-state index in [1.165, 1.54) is 6.42 Å². The van der Waals surface area contributed by atoms with E-state index < -0.39 is 0 Å². The van der Waals surface area contributed by atoms with Gasteiger partial charge >= 0.3 is 0 Å². The Balaban J connectivity index is 2.40. The molecule has 1 aliphatic heterocycles. The van der Waals surface area contributed by atoms with Gasteiger partial charge < -0.3 is 10.4 Å². The lowest BCUT2D eigenvalue weighted by atomic mass is 9.98. The summed E-state index contributed by atoms with van der Waals surface area (Å²) in [7, 11) is 0. The molecule has 0 aromatic carbocycles. The van der Waals surface area contributed by atoms with Gasteiger partial charge in [0.1, 0.15) is 0 Å².